The van der Waals surface area contributed by atoms with E-state index in [9.17, 15) is 0 Å². The predicted molar refractivity (Wildman–Crippen MR) is 69.5 cm³/mol. The number of nitrogens with zero attached hydrogens (tertiary/aromatic N) is 1. The SMILES string of the molecule is CC1(C)CN(CC2(CC(N)=S)CC2)CCO1. The molecular formula is C12H22N2OS. The maximum Gasteiger partial charge on any atom is 0.0753 e. The lowest BCUT2D eigenvalue weighted by Crippen LogP contribution is -2.50. The highest BCUT2D eigenvalue weighted by Crippen LogP contribution is 2.49. The third kappa shape index (κ3) is 3.15. The van der Waals surface area contributed by atoms with Crippen molar-refractivity contribution in [2.75, 3.05) is 26.2 Å². The van der Waals surface area contributed by atoms with Gasteiger partial charge in [0, 0.05) is 26.1 Å². The Morgan fingerprint density at radius 1 is 1.44 bits per heavy atom. The van der Waals surface area contributed by atoms with Gasteiger partial charge >= 0.3 is 0 Å². The standard InChI is InChI=1S/C12H22N2OS/c1-11(2)8-14(5-6-15-11)9-12(3-4-12)7-10(13)16/h3-9H2,1-2H3,(H2,13,16). The largest absolute Gasteiger partial charge is 0.393 e. The van der Waals surface area contributed by atoms with Crippen molar-refractivity contribution in [2.24, 2.45) is 11.1 Å². The minimum Gasteiger partial charge on any atom is -0.393 e. The van der Waals surface area contributed by atoms with Crippen molar-refractivity contribution in [1.29, 1.82) is 0 Å². The zero-order chi connectivity index (χ0) is 11.8. The fraction of sp³-hybridized carbons (Fsp3) is 0.917. The molecule has 2 aliphatic rings. The van der Waals surface area contributed by atoms with Gasteiger partial charge in [-0.15, -0.1) is 0 Å². The molecule has 1 saturated carbocycles. The Balaban J connectivity index is 1.87. The molecule has 0 aromatic heterocycles. The lowest BCUT2D eigenvalue weighted by atomic mass is 9.99. The van der Waals surface area contributed by atoms with E-state index in [1.54, 1.807) is 0 Å². The molecule has 0 aromatic carbocycles. The van der Waals surface area contributed by atoms with Gasteiger partial charge in [0.15, 0.2) is 0 Å². The summed E-state index contributed by atoms with van der Waals surface area (Å²) in [5, 5.41) is 0. The zero-order valence-electron chi connectivity index (χ0n) is 10.3. The second-order valence-corrected chi connectivity index (χ2v) is 6.49. The van der Waals surface area contributed by atoms with Gasteiger partial charge in [-0.05, 0) is 32.1 Å². The second kappa shape index (κ2) is 4.24. The van der Waals surface area contributed by atoms with E-state index in [-0.39, 0.29) is 5.60 Å². The highest BCUT2D eigenvalue weighted by molar-refractivity contribution is 7.80. The van der Waals surface area contributed by atoms with E-state index in [0.717, 1.165) is 32.7 Å². The molecule has 92 valence electrons. The summed E-state index contributed by atoms with van der Waals surface area (Å²) in [7, 11) is 0. The molecule has 16 heavy (non-hydrogen) atoms. The molecule has 4 heteroatoms. The lowest BCUT2D eigenvalue weighted by Gasteiger charge is -2.39. The van der Waals surface area contributed by atoms with Crippen LogP contribution in [0, 0.1) is 5.41 Å². The third-order valence-corrected chi connectivity index (χ3v) is 3.71. The molecule has 1 heterocycles. The maximum atomic E-state index is 5.72. The summed E-state index contributed by atoms with van der Waals surface area (Å²) in [6.45, 7) is 8.36. The fourth-order valence-electron chi connectivity index (χ4n) is 2.66. The van der Waals surface area contributed by atoms with Crippen molar-refractivity contribution in [2.45, 2.75) is 38.7 Å². The molecule has 3 nitrogen and oxygen atoms in total. The van der Waals surface area contributed by atoms with Crippen LogP contribution < -0.4 is 5.73 Å². The first-order valence-electron chi connectivity index (χ1n) is 6.06. The molecule has 1 aliphatic heterocycles. The van der Waals surface area contributed by atoms with Crippen molar-refractivity contribution in [3.05, 3.63) is 0 Å². The first-order chi connectivity index (χ1) is 7.41. The zero-order valence-corrected chi connectivity index (χ0v) is 11.1. The highest BCUT2D eigenvalue weighted by atomic mass is 32.1. The van der Waals surface area contributed by atoms with E-state index in [1.807, 2.05) is 0 Å². The molecule has 2 N–H and O–H groups in total. The van der Waals surface area contributed by atoms with Crippen LogP contribution in [0.4, 0.5) is 0 Å². The summed E-state index contributed by atoms with van der Waals surface area (Å²) in [5.41, 5.74) is 6.06. The molecule has 0 amide bonds. The van der Waals surface area contributed by atoms with Crippen molar-refractivity contribution in [1.82, 2.24) is 4.90 Å². The summed E-state index contributed by atoms with van der Waals surface area (Å²) < 4.78 is 5.72. The minimum atomic E-state index is -0.00243. The van der Waals surface area contributed by atoms with Gasteiger partial charge in [0.05, 0.1) is 17.2 Å². The number of thiocarbonyl (C=S) groups is 1. The number of hydrogen-bond acceptors (Lipinski definition) is 3. The fourth-order valence-corrected chi connectivity index (χ4v) is 2.97. The Bertz CT molecular complexity index is 287. The first-order valence-corrected chi connectivity index (χ1v) is 6.46. The minimum absolute atomic E-state index is 0.00243. The Labute approximate surface area is 103 Å². The van der Waals surface area contributed by atoms with Crippen molar-refractivity contribution < 1.29 is 4.74 Å². The third-order valence-electron chi connectivity index (χ3n) is 3.57. The number of rotatable bonds is 4. The van der Waals surface area contributed by atoms with Gasteiger partial charge in [-0.3, -0.25) is 4.90 Å². The molecule has 0 aromatic rings. The predicted octanol–water partition coefficient (Wildman–Crippen LogP) is 1.55. The number of ether oxygens (including phenoxy) is 1. The Morgan fingerprint density at radius 2 is 2.12 bits per heavy atom. The Morgan fingerprint density at radius 3 is 2.62 bits per heavy atom. The molecule has 0 spiro atoms. The Kier molecular flexibility index (Phi) is 3.25. The summed E-state index contributed by atoms with van der Waals surface area (Å²) in [6, 6.07) is 0. The summed E-state index contributed by atoms with van der Waals surface area (Å²) in [4.78, 5) is 3.18. The summed E-state index contributed by atoms with van der Waals surface area (Å²) in [5.74, 6) is 0. The van der Waals surface area contributed by atoms with Gasteiger partial charge < -0.3 is 10.5 Å². The first kappa shape index (κ1) is 12.3. The second-order valence-electron chi connectivity index (χ2n) is 5.96. The van der Waals surface area contributed by atoms with Crippen LogP contribution in [0.3, 0.4) is 0 Å². The lowest BCUT2D eigenvalue weighted by molar-refractivity contribution is -0.0897. The van der Waals surface area contributed by atoms with Crippen LogP contribution >= 0.6 is 12.2 Å². The quantitative estimate of drug-likeness (QED) is 0.759. The maximum absolute atomic E-state index is 5.72. The van der Waals surface area contributed by atoms with Gasteiger partial charge in [-0.25, -0.2) is 0 Å². The van der Waals surface area contributed by atoms with Crippen LogP contribution in [0.1, 0.15) is 33.1 Å². The topological polar surface area (TPSA) is 38.5 Å². The van der Waals surface area contributed by atoms with Crippen LogP contribution in [0.25, 0.3) is 0 Å². The van der Waals surface area contributed by atoms with E-state index in [1.165, 1.54) is 12.8 Å². The molecular weight excluding hydrogens is 220 g/mol. The monoisotopic (exact) mass is 242 g/mol. The average Bonchev–Trinajstić information content (AvgIpc) is 2.81. The van der Waals surface area contributed by atoms with Crippen LogP contribution in [0.5, 0.6) is 0 Å². The molecule has 2 rings (SSSR count). The number of morpholine rings is 1. The molecule has 1 saturated heterocycles. The van der Waals surface area contributed by atoms with Crippen LogP contribution in [-0.2, 0) is 4.74 Å². The van der Waals surface area contributed by atoms with Crippen molar-refractivity contribution in [3.8, 4) is 0 Å². The smallest absolute Gasteiger partial charge is 0.0753 e. The van der Waals surface area contributed by atoms with Crippen LogP contribution in [0.2, 0.25) is 0 Å². The molecule has 1 aliphatic carbocycles. The molecule has 0 atom stereocenters. The van der Waals surface area contributed by atoms with E-state index in [2.05, 4.69) is 18.7 Å². The molecule has 0 bridgehead atoms. The molecule has 2 fully saturated rings. The van der Waals surface area contributed by atoms with Crippen molar-refractivity contribution in [3.63, 3.8) is 0 Å². The normalized spacial score (nSPS) is 27.6. The summed E-state index contributed by atoms with van der Waals surface area (Å²) in [6.07, 6.45) is 3.48. The molecule has 0 radical (unpaired) electrons. The van der Waals surface area contributed by atoms with Gasteiger partial charge in [0.2, 0.25) is 0 Å². The number of nitrogens with two attached hydrogens (primary N) is 1. The van der Waals surface area contributed by atoms with Gasteiger partial charge in [-0.1, -0.05) is 12.2 Å². The van der Waals surface area contributed by atoms with Crippen molar-refractivity contribution >= 4 is 17.2 Å². The van der Waals surface area contributed by atoms with Gasteiger partial charge in [0.1, 0.15) is 0 Å². The van der Waals surface area contributed by atoms with Gasteiger partial charge in [-0.2, -0.15) is 0 Å². The van der Waals surface area contributed by atoms with E-state index < -0.39 is 0 Å². The Hall–Kier alpha value is -0.190. The van der Waals surface area contributed by atoms with E-state index in [0.29, 0.717) is 10.4 Å². The average molecular weight is 242 g/mol. The highest BCUT2D eigenvalue weighted by Gasteiger charge is 2.45. The van der Waals surface area contributed by atoms with E-state index >= 15 is 0 Å². The van der Waals surface area contributed by atoms with Crippen LogP contribution in [-0.4, -0.2) is 41.7 Å². The van der Waals surface area contributed by atoms with E-state index in [4.69, 9.17) is 22.7 Å². The molecule has 0 unspecified atom stereocenters. The van der Waals surface area contributed by atoms with Gasteiger partial charge in [0.25, 0.3) is 0 Å². The summed E-state index contributed by atoms with van der Waals surface area (Å²) >= 11 is 5.03. The van der Waals surface area contributed by atoms with Crippen LogP contribution in [0.15, 0.2) is 0 Å². The number of hydrogen-bond donors (Lipinski definition) is 1.